The first-order valence-electron chi connectivity index (χ1n) is 30.9. The molecule has 0 aliphatic carbocycles. The Kier molecular flexibility index (Phi) is 32.3. The fraction of sp³-hybridized carbons (Fsp3) is 0.651. The number of nitrogens with one attached hydrogen (secondary N) is 7. The monoisotopic (exact) mass is 1300 g/mol. The number of benzene rings is 1. The molecule has 91 heavy (non-hydrogen) atoms. The Bertz CT molecular complexity index is 2830. The molecule has 1 aliphatic rings. The number of carboxylic acid groups (broad SMARTS) is 1. The SMILES string of the molecule is CC[C@H](C)[C@H](NC(=O)C(C)(C)N(C)C)C(=O)N(C)[C@H](C[C@@H](OC)c1nc(C(=O)N[C@@H](Cc2ccc(O)c(NC(=O)[C@H](C)NC(=O)[C@@H](NC(=O)[C@H](CCCCNC(=O)COCCOC)NC(=O)CCCN3C(=O)C=CC3=O)C(C)C)c2)C[C@H](C)C(=O)O)cs1)C(C)C. The fourth-order valence-electron chi connectivity index (χ4n) is 9.64. The highest BCUT2D eigenvalue weighted by molar-refractivity contribution is 7.09. The number of phenols is 1. The second-order valence-corrected chi connectivity index (χ2v) is 25.4. The van der Waals surface area contributed by atoms with Crippen molar-refractivity contribution in [1.82, 2.24) is 51.6 Å². The predicted molar refractivity (Wildman–Crippen MR) is 341 cm³/mol. The number of carbonyl (C=O) groups excluding carboxylic acids is 10. The van der Waals surface area contributed by atoms with E-state index in [4.69, 9.17) is 14.2 Å². The number of methoxy groups -OCH3 is 2. The van der Waals surface area contributed by atoms with E-state index < -0.39 is 101 Å². The zero-order valence-corrected chi connectivity index (χ0v) is 56.3. The van der Waals surface area contributed by atoms with E-state index in [0.717, 1.165) is 17.1 Å². The number of likely N-dealkylation sites (N-methyl/N-ethyl adjacent to an activating group) is 2. The van der Waals surface area contributed by atoms with Gasteiger partial charge in [-0.05, 0) is 109 Å². The van der Waals surface area contributed by atoms with Crippen molar-refractivity contribution in [3.05, 3.63) is 52.0 Å². The van der Waals surface area contributed by atoms with Gasteiger partial charge in [0.1, 0.15) is 53.3 Å². The summed E-state index contributed by atoms with van der Waals surface area (Å²) < 4.78 is 16.1. The van der Waals surface area contributed by atoms with Crippen LogP contribution in [0.25, 0.3) is 0 Å². The van der Waals surface area contributed by atoms with Crippen LogP contribution in [0, 0.1) is 23.7 Å². The van der Waals surface area contributed by atoms with Gasteiger partial charge in [-0.1, -0.05) is 61.0 Å². The molecule has 1 aromatic heterocycles. The number of imide groups is 1. The highest BCUT2D eigenvalue weighted by atomic mass is 32.1. The number of aliphatic carboxylic acids is 1. The van der Waals surface area contributed by atoms with Gasteiger partial charge in [-0.15, -0.1) is 11.3 Å². The molecule has 1 aliphatic heterocycles. The normalized spacial score (nSPS) is 15.4. The van der Waals surface area contributed by atoms with Crippen LogP contribution >= 0.6 is 11.3 Å². The topological polar surface area (TPSA) is 363 Å². The van der Waals surface area contributed by atoms with E-state index >= 15 is 0 Å². The first-order valence-corrected chi connectivity index (χ1v) is 31.8. The molecule has 0 unspecified atom stereocenters. The Labute approximate surface area is 538 Å². The summed E-state index contributed by atoms with van der Waals surface area (Å²) in [6.45, 7) is 18.2. The maximum atomic E-state index is 14.3. The van der Waals surface area contributed by atoms with E-state index in [2.05, 4.69) is 42.2 Å². The molecule has 27 nitrogen and oxygen atoms in total. The lowest BCUT2D eigenvalue weighted by Crippen LogP contribution is -2.60. The molecule has 0 saturated heterocycles. The van der Waals surface area contributed by atoms with Gasteiger partial charge in [0.25, 0.3) is 17.7 Å². The van der Waals surface area contributed by atoms with E-state index in [1.165, 1.54) is 51.5 Å². The third kappa shape index (κ3) is 24.6. The number of thiazole rings is 1. The number of hydrogen-bond donors (Lipinski definition) is 9. The summed E-state index contributed by atoms with van der Waals surface area (Å²) in [5.74, 6) is -8.40. The number of rotatable bonds is 41. The van der Waals surface area contributed by atoms with E-state index in [1.807, 2.05) is 27.7 Å². The van der Waals surface area contributed by atoms with Crippen LogP contribution < -0.4 is 37.2 Å². The number of anilines is 1. The molecule has 9 atom stereocenters. The molecule has 1 aromatic carbocycles. The third-order valence-electron chi connectivity index (χ3n) is 16.3. The van der Waals surface area contributed by atoms with Crippen molar-refractivity contribution >= 4 is 82.1 Å². The van der Waals surface area contributed by atoms with Crippen LogP contribution in [0.3, 0.4) is 0 Å². The van der Waals surface area contributed by atoms with Gasteiger partial charge in [0, 0.05) is 76.8 Å². The number of carboxylic acids is 1. The van der Waals surface area contributed by atoms with E-state index in [1.54, 1.807) is 70.1 Å². The summed E-state index contributed by atoms with van der Waals surface area (Å²) in [5, 5.41) is 42.2. The zero-order chi connectivity index (χ0) is 68.4. The van der Waals surface area contributed by atoms with Crippen molar-refractivity contribution in [2.24, 2.45) is 23.7 Å². The van der Waals surface area contributed by atoms with Crippen molar-refractivity contribution in [2.45, 2.75) is 175 Å². The summed E-state index contributed by atoms with van der Waals surface area (Å²) >= 11 is 1.18. The number of unbranched alkanes of at least 4 members (excludes halogenated alkanes) is 1. The number of phenolic OH excluding ortho intramolecular Hbond substituents is 1. The number of amides is 10. The lowest BCUT2D eigenvalue weighted by molar-refractivity contribution is -0.142. The van der Waals surface area contributed by atoms with Gasteiger partial charge in [0.15, 0.2) is 0 Å². The number of aromatic nitrogens is 1. The van der Waals surface area contributed by atoms with Crippen molar-refractivity contribution in [2.75, 3.05) is 73.6 Å². The molecule has 0 saturated carbocycles. The van der Waals surface area contributed by atoms with Crippen molar-refractivity contribution < 1.29 is 77.2 Å². The van der Waals surface area contributed by atoms with Gasteiger partial charge in [0.05, 0.1) is 30.4 Å². The standard InChI is InChI=1S/C63H99N11O16S/c1-16-38(6)54(71-62(87)63(9,10)72(11)12)60(84)73(13)46(36(2)3)33-48(89-15)59-69-45(35-91-59)57(82)66-42(30-39(7)61(85)86)31-41-22-23-47(75)44(32-41)68-55(80)40(8)65-58(83)53(37(4)5)70-56(81)43(20-17-18-26-64-50(77)34-90-29-28-88-14)67-49(76)21-19-27-74-51(78)24-25-52(74)79/h22-25,32,35-40,42-43,46,48,53-54,75H,16-21,26-31,33-34H2,1-15H3,(H,64,77)(H,65,83)(H,66,82)(H,67,76)(H,68,80)(H,70,81)(H,71,87)(H,85,86)/t38-,39-,40-,42+,43-,46+,48+,53-,54-/m0/s1. The molecule has 9 N–H and O–H groups in total. The average Bonchev–Trinajstić information content (AvgIpc) is 2.75. The Balaban J connectivity index is 1.75. The lowest BCUT2D eigenvalue weighted by atomic mass is 9.92. The maximum absolute atomic E-state index is 14.3. The van der Waals surface area contributed by atoms with Crippen LogP contribution in [0.1, 0.15) is 148 Å². The van der Waals surface area contributed by atoms with Crippen molar-refractivity contribution in [3.63, 3.8) is 0 Å². The second-order valence-electron chi connectivity index (χ2n) is 24.5. The molecule has 0 spiro atoms. The first kappa shape index (κ1) is 77.8. The smallest absolute Gasteiger partial charge is 0.306 e. The molecule has 10 amide bonds. The highest BCUT2D eigenvalue weighted by Crippen LogP contribution is 2.31. The lowest BCUT2D eigenvalue weighted by Gasteiger charge is -2.38. The van der Waals surface area contributed by atoms with Gasteiger partial charge >= 0.3 is 5.97 Å². The molecule has 508 valence electrons. The van der Waals surface area contributed by atoms with Gasteiger partial charge in [-0.2, -0.15) is 0 Å². The van der Waals surface area contributed by atoms with Crippen LogP contribution in [0.2, 0.25) is 0 Å². The van der Waals surface area contributed by atoms with Crippen LogP contribution in [0.5, 0.6) is 5.75 Å². The van der Waals surface area contributed by atoms with Crippen LogP contribution in [0.4, 0.5) is 5.69 Å². The van der Waals surface area contributed by atoms with Crippen LogP contribution in [-0.2, 0) is 68.6 Å². The van der Waals surface area contributed by atoms with Crippen molar-refractivity contribution in [1.29, 1.82) is 0 Å². The minimum Gasteiger partial charge on any atom is -0.506 e. The predicted octanol–water partition coefficient (Wildman–Crippen LogP) is 3.46. The summed E-state index contributed by atoms with van der Waals surface area (Å²) in [7, 11) is 8.32. The Morgan fingerprint density at radius 2 is 1.45 bits per heavy atom. The number of aromatic hydroxyl groups is 1. The molecule has 0 fully saturated rings. The van der Waals surface area contributed by atoms with Crippen molar-refractivity contribution in [3.8, 4) is 5.75 Å². The quantitative estimate of drug-likeness (QED) is 0.0261. The zero-order valence-electron chi connectivity index (χ0n) is 55.5. The molecular formula is C63H99N11O16S. The third-order valence-corrected chi connectivity index (χ3v) is 17.2. The van der Waals surface area contributed by atoms with Crippen LogP contribution in [-0.4, -0.2) is 205 Å². The Morgan fingerprint density at radius 3 is 2.04 bits per heavy atom. The average molecular weight is 1300 g/mol. The van der Waals surface area contributed by atoms with Crippen LogP contribution in [0.15, 0.2) is 35.7 Å². The summed E-state index contributed by atoms with van der Waals surface area (Å²) in [6.07, 6.45) is 3.39. The fourth-order valence-corrected chi connectivity index (χ4v) is 10.5. The molecule has 2 heterocycles. The number of nitrogens with zero attached hydrogens (tertiary/aromatic N) is 4. The molecule has 0 bridgehead atoms. The Hall–Kier alpha value is -7.40. The van der Waals surface area contributed by atoms with Gasteiger partial charge < -0.3 is 66.5 Å². The van der Waals surface area contributed by atoms with Gasteiger partial charge in [0.2, 0.25) is 41.4 Å². The number of carbonyl (C=O) groups is 11. The van der Waals surface area contributed by atoms with E-state index in [0.29, 0.717) is 42.9 Å². The van der Waals surface area contributed by atoms with E-state index in [9.17, 15) is 63.0 Å². The molecule has 28 heteroatoms. The molecule has 0 radical (unpaired) electrons. The highest BCUT2D eigenvalue weighted by Gasteiger charge is 2.39. The minimum atomic E-state index is -1.25. The second kappa shape index (κ2) is 37.8. The summed E-state index contributed by atoms with van der Waals surface area (Å²) in [6, 6.07) is -1.29. The largest absolute Gasteiger partial charge is 0.506 e. The van der Waals surface area contributed by atoms with Gasteiger partial charge in [-0.3, -0.25) is 62.5 Å². The number of ether oxygens (including phenoxy) is 3. The number of hydrogen-bond acceptors (Lipinski definition) is 18. The van der Waals surface area contributed by atoms with Gasteiger partial charge in [-0.25, -0.2) is 4.98 Å². The molecular weight excluding hydrogens is 1200 g/mol. The minimum absolute atomic E-state index is 0.0211. The maximum Gasteiger partial charge on any atom is 0.306 e. The summed E-state index contributed by atoms with van der Waals surface area (Å²) in [4.78, 5) is 154. The first-order chi connectivity index (χ1) is 42.8. The Morgan fingerprint density at radius 1 is 0.780 bits per heavy atom. The molecule has 3 rings (SSSR count). The van der Waals surface area contributed by atoms with E-state index in [-0.39, 0.29) is 111 Å². The molecule has 2 aromatic rings. The summed E-state index contributed by atoms with van der Waals surface area (Å²) in [5.41, 5.74) is -0.424.